The zero-order valence-electron chi connectivity index (χ0n) is 11.0. The van der Waals surface area contributed by atoms with Gasteiger partial charge in [-0.25, -0.2) is 4.39 Å². The van der Waals surface area contributed by atoms with Gasteiger partial charge in [0.2, 0.25) is 0 Å². The average molecular weight is 293 g/mol. The number of aryl methyl sites for hydroxylation is 1. The molecular formula is C16H14ClFO2. The molecule has 2 nitrogen and oxygen atoms in total. The van der Waals surface area contributed by atoms with Crippen molar-refractivity contribution in [3.05, 3.63) is 64.4 Å². The second-order valence-corrected chi connectivity index (χ2v) is 4.81. The van der Waals surface area contributed by atoms with Crippen molar-refractivity contribution in [3.8, 4) is 5.75 Å². The standard InChI is InChI=1S/C16H14ClFO2/c1-20-13-6-2-11(3-7-13)4-9-16(19)12-5-8-14(17)15(18)10-12/h2-3,5-8,10H,4,9H2,1H3. The summed E-state index contributed by atoms with van der Waals surface area (Å²) in [5.41, 5.74) is 1.38. The van der Waals surface area contributed by atoms with E-state index in [0.29, 0.717) is 18.4 Å². The van der Waals surface area contributed by atoms with E-state index in [1.807, 2.05) is 24.3 Å². The molecule has 20 heavy (non-hydrogen) atoms. The van der Waals surface area contributed by atoms with E-state index in [9.17, 15) is 9.18 Å². The molecule has 0 aliphatic heterocycles. The predicted octanol–water partition coefficient (Wildman–Crippen LogP) is 4.30. The van der Waals surface area contributed by atoms with Crippen LogP contribution in [0.4, 0.5) is 4.39 Å². The van der Waals surface area contributed by atoms with Gasteiger partial charge in [-0.2, -0.15) is 0 Å². The summed E-state index contributed by atoms with van der Waals surface area (Å²) < 4.78 is 18.4. The number of carbonyl (C=O) groups excluding carboxylic acids is 1. The molecule has 0 fully saturated rings. The summed E-state index contributed by atoms with van der Waals surface area (Å²) in [5.74, 6) is 0.109. The lowest BCUT2D eigenvalue weighted by Crippen LogP contribution is -2.02. The van der Waals surface area contributed by atoms with Crippen molar-refractivity contribution in [2.75, 3.05) is 7.11 Å². The Morgan fingerprint density at radius 2 is 1.90 bits per heavy atom. The van der Waals surface area contributed by atoms with E-state index in [2.05, 4.69) is 0 Å². The lowest BCUT2D eigenvalue weighted by Gasteiger charge is -2.04. The molecule has 0 amide bonds. The topological polar surface area (TPSA) is 26.3 Å². The Morgan fingerprint density at radius 1 is 1.20 bits per heavy atom. The van der Waals surface area contributed by atoms with Gasteiger partial charge in [0.25, 0.3) is 0 Å². The molecule has 2 rings (SSSR count). The van der Waals surface area contributed by atoms with Gasteiger partial charge < -0.3 is 4.74 Å². The van der Waals surface area contributed by atoms with Crippen LogP contribution in [0.3, 0.4) is 0 Å². The zero-order chi connectivity index (χ0) is 14.5. The Hall–Kier alpha value is -1.87. The summed E-state index contributed by atoms with van der Waals surface area (Å²) in [6.45, 7) is 0. The molecular weight excluding hydrogens is 279 g/mol. The molecule has 0 spiro atoms. The van der Waals surface area contributed by atoms with Gasteiger partial charge in [-0.1, -0.05) is 23.7 Å². The summed E-state index contributed by atoms with van der Waals surface area (Å²) in [6.07, 6.45) is 0.931. The number of benzene rings is 2. The second-order valence-electron chi connectivity index (χ2n) is 4.40. The lowest BCUT2D eigenvalue weighted by atomic mass is 10.0. The summed E-state index contributed by atoms with van der Waals surface area (Å²) >= 11 is 5.59. The predicted molar refractivity (Wildman–Crippen MR) is 77.1 cm³/mol. The molecule has 0 aliphatic rings. The SMILES string of the molecule is COc1ccc(CCC(=O)c2ccc(Cl)c(F)c2)cc1. The van der Waals surface area contributed by atoms with E-state index in [4.69, 9.17) is 16.3 Å². The fourth-order valence-electron chi connectivity index (χ4n) is 1.86. The van der Waals surface area contributed by atoms with Crippen molar-refractivity contribution in [2.24, 2.45) is 0 Å². The van der Waals surface area contributed by atoms with Crippen LogP contribution in [0.2, 0.25) is 5.02 Å². The number of methoxy groups -OCH3 is 1. The van der Waals surface area contributed by atoms with Crippen molar-refractivity contribution >= 4 is 17.4 Å². The van der Waals surface area contributed by atoms with Crippen molar-refractivity contribution < 1.29 is 13.9 Å². The number of hydrogen-bond acceptors (Lipinski definition) is 2. The molecule has 0 saturated carbocycles. The molecule has 0 heterocycles. The smallest absolute Gasteiger partial charge is 0.163 e. The second kappa shape index (κ2) is 6.53. The minimum Gasteiger partial charge on any atom is -0.497 e. The highest BCUT2D eigenvalue weighted by molar-refractivity contribution is 6.30. The molecule has 104 valence electrons. The molecule has 0 radical (unpaired) electrons. The zero-order valence-corrected chi connectivity index (χ0v) is 11.8. The third kappa shape index (κ3) is 3.58. The highest BCUT2D eigenvalue weighted by Gasteiger charge is 2.09. The van der Waals surface area contributed by atoms with E-state index in [1.54, 1.807) is 13.2 Å². The van der Waals surface area contributed by atoms with Crippen molar-refractivity contribution in [1.82, 2.24) is 0 Å². The number of ether oxygens (including phenoxy) is 1. The Bertz CT molecular complexity index is 608. The maximum Gasteiger partial charge on any atom is 0.163 e. The first-order chi connectivity index (χ1) is 9.60. The molecule has 0 saturated heterocycles. The monoisotopic (exact) mass is 292 g/mol. The molecule has 2 aromatic carbocycles. The van der Waals surface area contributed by atoms with Crippen LogP contribution in [0, 0.1) is 5.82 Å². The number of hydrogen-bond donors (Lipinski definition) is 0. The van der Waals surface area contributed by atoms with E-state index in [1.165, 1.54) is 12.1 Å². The molecule has 0 atom stereocenters. The van der Waals surface area contributed by atoms with Gasteiger partial charge >= 0.3 is 0 Å². The maximum absolute atomic E-state index is 13.3. The summed E-state index contributed by atoms with van der Waals surface area (Å²) in [5, 5.41) is 0.0247. The van der Waals surface area contributed by atoms with Crippen LogP contribution in [0.1, 0.15) is 22.3 Å². The number of carbonyl (C=O) groups is 1. The molecule has 0 N–H and O–H groups in total. The van der Waals surface area contributed by atoms with Crippen molar-refractivity contribution in [1.29, 1.82) is 0 Å². The van der Waals surface area contributed by atoms with Crippen LogP contribution in [0.25, 0.3) is 0 Å². The van der Waals surface area contributed by atoms with Crippen LogP contribution in [0.5, 0.6) is 5.75 Å². The van der Waals surface area contributed by atoms with Crippen molar-refractivity contribution in [2.45, 2.75) is 12.8 Å². The van der Waals surface area contributed by atoms with E-state index < -0.39 is 5.82 Å². The maximum atomic E-state index is 13.3. The summed E-state index contributed by atoms with van der Waals surface area (Å²) in [7, 11) is 1.60. The average Bonchev–Trinajstić information content (AvgIpc) is 2.48. The highest BCUT2D eigenvalue weighted by atomic mass is 35.5. The normalized spacial score (nSPS) is 10.3. The number of rotatable bonds is 5. The molecule has 0 aliphatic carbocycles. The highest BCUT2D eigenvalue weighted by Crippen LogP contribution is 2.18. The van der Waals surface area contributed by atoms with Crippen LogP contribution in [-0.4, -0.2) is 12.9 Å². The minimum absolute atomic E-state index is 0.0247. The number of Topliss-reactive ketones (excluding diaryl/α,β-unsaturated/α-hetero) is 1. The van der Waals surface area contributed by atoms with Crippen LogP contribution < -0.4 is 4.74 Å². The molecule has 4 heteroatoms. The van der Waals surface area contributed by atoms with E-state index in [-0.39, 0.29) is 10.8 Å². The van der Waals surface area contributed by atoms with E-state index in [0.717, 1.165) is 11.3 Å². The van der Waals surface area contributed by atoms with Gasteiger partial charge in [0.15, 0.2) is 5.78 Å². The van der Waals surface area contributed by atoms with Gasteiger partial charge in [0.05, 0.1) is 12.1 Å². The largest absolute Gasteiger partial charge is 0.497 e. The fourth-order valence-corrected chi connectivity index (χ4v) is 1.98. The van der Waals surface area contributed by atoms with Gasteiger partial charge in [-0.05, 0) is 42.3 Å². The molecule has 0 bridgehead atoms. The number of ketones is 1. The first-order valence-corrected chi connectivity index (χ1v) is 6.59. The Kier molecular flexibility index (Phi) is 4.74. The third-order valence-electron chi connectivity index (χ3n) is 3.04. The quantitative estimate of drug-likeness (QED) is 0.768. The Labute approximate surface area is 122 Å². The fraction of sp³-hybridized carbons (Fsp3) is 0.188. The first-order valence-electron chi connectivity index (χ1n) is 6.21. The molecule has 0 aromatic heterocycles. The third-order valence-corrected chi connectivity index (χ3v) is 3.35. The van der Waals surface area contributed by atoms with Gasteiger partial charge in [0.1, 0.15) is 11.6 Å². The molecule has 2 aromatic rings. The summed E-state index contributed by atoms with van der Waals surface area (Å²) in [4.78, 5) is 12.0. The van der Waals surface area contributed by atoms with Crippen molar-refractivity contribution in [3.63, 3.8) is 0 Å². The lowest BCUT2D eigenvalue weighted by molar-refractivity contribution is 0.0982. The van der Waals surface area contributed by atoms with Crippen LogP contribution in [0.15, 0.2) is 42.5 Å². The molecule has 0 unspecified atom stereocenters. The summed E-state index contributed by atoms with van der Waals surface area (Å²) in [6, 6.07) is 11.6. The van der Waals surface area contributed by atoms with Crippen LogP contribution >= 0.6 is 11.6 Å². The van der Waals surface area contributed by atoms with Gasteiger partial charge in [-0.3, -0.25) is 4.79 Å². The minimum atomic E-state index is -0.568. The first kappa shape index (κ1) is 14.5. The Morgan fingerprint density at radius 3 is 2.50 bits per heavy atom. The Balaban J connectivity index is 1.98. The van der Waals surface area contributed by atoms with Gasteiger partial charge in [-0.15, -0.1) is 0 Å². The van der Waals surface area contributed by atoms with E-state index >= 15 is 0 Å². The van der Waals surface area contributed by atoms with Crippen LogP contribution in [-0.2, 0) is 6.42 Å². The van der Waals surface area contributed by atoms with Gasteiger partial charge in [0, 0.05) is 12.0 Å². The number of halogens is 2.